The molecule has 0 saturated heterocycles. The molecule has 102 valence electrons. The number of benzene rings is 1. The average molecular weight is 303 g/mol. The van der Waals surface area contributed by atoms with E-state index in [0.717, 1.165) is 6.26 Å². The predicted octanol–water partition coefficient (Wildman–Crippen LogP) is 2.20. The van der Waals surface area contributed by atoms with Crippen LogP contribution in [0.1, 0.15) is 18.0 Å². The van der Waals surface area contributed by atoms with Gasteiger partial charge in [0, 0.05) is 11.8 Å². The molecular formula is C11H11ClN2O4S. The first-order chi connectivity index (χ1) is 8.79. The van der Waals surface area contributed by atoms with Crippen molar-refractivity contribution >= 4 is 21.4 Å². The maximum Gasteiger partial charge on any atom is 0.258 e. The lowest BCUT2D eigenvalue weighted by molar-refractivity contribution is 0.421. The number of phenols is 1. The lowest BCUT2D eigenvalue weighted by Gasteiger charge is -2.01. The number of sulfone groups is 1. The molecule has 1 unspecified atom stereocenters. The molecule has 0 amide bonds. The summed E-state index contributed by atoms with van der Waals surface area (Å²) in [5.74, 6) is 0.170. The highest BCUT2D eigenvalue weighted by Crippen LogP contribution is 2.29. The Labute approximate surface area is 114 Å². The molecule has 2 rings (SSSR count). The number of hydrogen-bond donors (Lipinski definition) is 1. The van der Waals surface area contributed by atoms with Crippen LogP contribution in [0.25, 0.3) is 11.5 Å². The molecule has 1 heterocycles. The van der Waals surface area contributed by atoms with Crippen molar-refractivity contribution in [2.45, 2.75) is 12.2 Å². The molecule has 8 heteroatoms. The van der Waals surface area contributed by atoms with Crippen molar-refractivity contribution in [1.29, 1.82) is 0 Å². The number of aromatic nitrogens is 2. The summed E-state index contributed by atoms with van der Waals surface area (Å²) in [6.07, 6.45) is 1.10. The van der Waals surface area contributed by atoms with Gasteiger partial charge >= 0.3 is 0 Å². The van der Waals surface area contributed by atoms with Crippen molar-refractivity contribution in [2.24, 2.45) is 0 Å². The summed E-state index contributed by atoms with van der Waals surface area (Å²) in [5.41, 5.74) is 0.502. The van der Waals surface area contributed by atoms with Crippen LogP contribution in [-0.2, 0) is 9.84 Å². The first-order valence-corrected chi connectivity index (χ1v) is 7.63. The summed E-state index contributed by atoms with van der Waals surface area (Å²) in [7, 11) is -3.29. The van der Waals surface area contributed by atoms with Crippen molar-refractivity contribution in [2.75, 3.05) is 6.26 Å². The highest BCUT2D eigenvalue weighted by atomic mass is 35.5. The van der Waals surface area contributed by atoms with Gasteiger partial charge in [-0.25, -0.2) is 8.42 Å². The van der Waals surface area contributed by atoms with Gasteiger partial charge in [-0.05, 0) is 25.1 Å². The van der Waals surface area contributed by atoms with E-state index in [4.69, 9.17) is 16.1 Å². The van der Waals surface area contributed by atoms with Crippen molar-refractivity contribution in [3.8, 4) is 17.2 Å². The Morgan fingerprint density at radius 3 is 2.68 bits per heavy atom. The average Bonchev–Trinajstić information content (AvgIpc) is 2.79. The Hall–Kier alpha value is -1.60. The molecule has 0 aliphatic carbocycles. The minimum absolute atomic E-state index is 0.0605. The standard InChI is InChI=1S/C11H11ClN2O4S/c1-6(19(2,16)17)10-13-11(18-14-10)7-3-4-9(15)8(12)5-7/h3-6,15H,1-2H3. The highest BCUT2D eigenvalue weighted by molar-refractivity contribution is 7.90. The van der Waals surface area contributed by atoms with Crippen molar-refractivity contribution in [3.63, 3.8) is 0 Å². The molecule has 0 fully saturated rings. The Morgan fingerprint density at radius 2 is 2.11 bits per heavy atom. The van der Waals surface area contributed by atoms with E-state index < -0.39 is 15.1 Å². The van der Waals surface area contributed by atoms with Gasteiger partial charge in [-0.3, -0.25) is 0 Å². The lowest BCUT2D eigenvalue weighted by atomic mass is 10.2. The first kappa shape index (κ1) is 13.8. The smallest absolute Gasteiger partial charge is 0.258 e. The molecule has 0 radical (unpaired) electrons. The zero-order valence-electron chi connectivity index (χ0n) is 10.2. The number of hydrogen-bond acceptors (Lipinski definition) is 6. The quantitative estimate of drug-likeness (QED) is 0.934. The molecule has 0 aliphatic heterocycles. The summed E-state index contributed by atoms with van der Waals surface area (Å²) in [6, 6.07) is 4.39. The molecule has 19 heavy (non-hydrogen) atoms. The molecule has 2 aromatic rings. The molecule has 0 aliphatic rings. The zero-order chi connectivity index (χ0) is 14.2. The van der Waals surface area contributed by atoms with Gasteiger partial charge in [0.15, 0.2) is 15.7 Å². The fourth-order valence-electron chi connectivity index (χ4n) is 1.35. The SMILES string of the molecule is CC(c1noc(-c2ccc(O)c(Cl)c2)n1)S(C)(=O)=O. The second kappa shape index (κ2) is 4.82. The molecule has 1 N–H and O–H groups in total. The maximum atomic E-state index is 11.4. The predicted molar refractivity (Wildman–Crippen MR) is 69.7 cm³/mol. The molecule has 1 aromatic carbocycles. The molecule has 0 saturated carbocycles. The van der Waals surface area contributed by atoms with E-state index in [1.165, 1.54) is 19.1 Å². The maximum absolute atomic E-state index is 11.4. The molecule has 0 bridgehead atoms. The number of aromatic hydroxyl groups is 1. The van der Waals surface area contributed by atoms with Crippen LogP contribution in [0.3, 0.4) is 0 Å². The van der Waals surface area contributed by atoms with E-state index >= 15 is 0 Å². The van der Waals surface area contributed by atoms with Crippen LogP contribution >= 0.6 is 11.6 Å². The van der Waals surface area contributed by atoms with Crippen LogP contribution in [0.15, 0.2) is 22.7 Å². The van der Waals surface area contributed by atoms with E-state index in [9.17, 15) is 13.5 Å². The summed E-state index contributed by atoms with van der Waals surface area (Å²) in [6.45, 7) is 1.48. The van der Waals surface area contributed by atoms with Crippen LogP contribution in [0.2, 0.25) is 5.02 Å². The summed E-state index contributed by atoms with van der Waals surface area (Å²) in [5, 5.41) is 12.3. The Kier molecular flexibility index (Phi) is 3.51. The number of phenolic OH excluding ortho intramolecular Hbond substituents is 1. The summed E-state index contributed by atoms with van der Waals surface area (Å²) in [4.78, 5) is 4.02. The second-order valence-electron chi connectivity index (χ2n) is 4.10. The topological polar surface area (TPSA) is 93.3 Å². The van der Waals surface area contributed by atoms with Gasteiger partial charge in [-0.2, -0.15) is 4.98 Å². The number of halogens is 1. The van der Waals surface area contributed by atoms with Crippen LogP contribution in [0.4, 0.5) is 0 Å². The van der Waals surface area contributed by atoms with Gasteiger partial charge in [0.05, 0.1) is 5.02 Å². The monoisotopic (exact) mass is 302 g/mol. The zero-order valence-corrected chi connectivity index (χ0v) is 11.7. The van der Waals surface area contributed by atoms with E-state index in [2.05, 4.69) is 10.1 Å². The second-order valence-corrected chi connectivity index (χ2v) is 6.87. The Morgan fingerprint density at radius 1 is 1.42 bits per heavy atom. The lowest BCUT2D eigenvalue weighted by Crippen LogP contribution is -2.09. The van der Waals surface area contributed by atoms with Gasteiger partial charge in [0.1, 0.15) is 11.0 Å². The van der Waals surface area contributed by atoms with Crippen molar-refractivity contribution in [3.05, 3.63) is 29.0 Å². The van der Waals surface area contributed by atoms with Crippen molar-refractivity contribution < 1.29 is 18.0 Å². The fraction of sp³-hybridized carbons (Fsp3) is 0.273. The number of rotatable bonds is 3. The molecule has 1 atom stereocenters. The Bertz CT molecular complexity index is 711. The van der Waals surface area contributed by atoms with Gasteiger partial charge in [0.2, 0.25) is 0 Å². The van der Waals surface area contributed by atoms with E-state index in [1.54, 1.807) is 6.07 Å². The number of nitrogens with zero attached hydrogens (tertiary/aromatic N) is 2. The normalized spacial score (nSPS) is 13.4. The minimum Gasteiger partial charge on any atom is -0.506 e. The van der Waals surface area contributed by atoms with Gasteiger partial charge < -0.3 is 9.63 Å². The van der Waals surface area contributed by atoms with Crippen LogP contribution in [-0.4, -0.2) is 29.9 Å². The van der Waals surface area contributed by atoms with Crippen LogP contribution in [0, 0.1) is 0 Å². The fourth-order valence-corrected chi connectivity index (χ4v) is 2.01. The Balaban J connectivity index is 2.38. The third kappa shape index (κ3) is 2.87. The van der Waals surface area contributed by atoms with Gasteiger partial charge in [-0.15, -0.1) is 0 Å². The summed E-state index contributed by atoms with van der Waals surface area (Å²) < 4.78 is 27.8. The van der Waals surface area contributed by atoms with Crippen LogP contribution < -0.4 is 0 Å². The van der Waals surface area contributed by atoms with Crippen molar-refractivity contribution in [1.82, 2.24) is 10.1 Å². The van der Waals surface area contributed by atoms with E-state index in [-0.39, 0.29) is 22.5 Å². The third-order valence-electron chi connectivity index (χ3n) is 2.64. The third-order valence-corrected chi connectivity index (χ3v) is 4.44. The molecule has 0 spiro atoms. The minimum atomic E-state index is -3.29. The molecule has 6 nitrogen and oxygen atoms in total. The molecule has 1 aromatic heterocycles. The van der Waals surface area contributed by atoms with Gasteiger partial charge in [-0.1, -0.05) is 16.8 Å². The van der Waals surface area contributed by atoms with E-state index in [0.29, 0.717) is 5.56 Å². The highest BCUT2D eigenvalue weighted by Gasteiger charge is 2.23. The van der Waals surface area contributed by atoms with Gasteiger partial charge in [0.25, 0.3) is 5.89 Å². The largest absolute Gasteiger partial charge is 0.506 e. The van der Waals surface area contributed by atoms with Crippen LogP contribution in [0.5, 0.6) is 5.75 Å². The van der Waals surface area contributed by atoms with E-state index in [1.807, 2.05) is 0 Å². The molecular weight excluding hydrogens is 292 g/mol. The first-order valence-electron chi connectivity index (χ1n) is 5.30. The summed E-state index contributed by atoms with van der Waals surface area (Å²) >= 11 is 5.77.